The van der Waals surface area contributed by atoms with Crippen molar-refractivity contribution in [1.82, 2.24) is 14.8 Å². The number of rotatable bonds is 2. The van der Waals surface area contributed by atoms with Gasteiger partial charge in [-0.25, -0.2) is 9.78 Å². The number of aromatic carboxylic acids is 1. The molecule has 2 aromatic heterocycles. The molecule has 0 amide bonds. The van der Waals surface area contributed by atoms with Gasteiger partial charge < -0.3 is 9.52 Å². The van der Waals surface area contributed by atoms with E-state index in [1.165, 1.54) is 24.0 Å². The molecule has 2 heterocycles. The van der Waals surface area contributed by atoms with Gasteiger partial charge in [0.15, 0.2) is 5.69 Å². The van der Waals surface area contributed by atoms with E-state index in [9.17, 15) is 18.0 Å². The number of carbonyl (C=O) groups is 1. The van der Waals surface area contributed by atoms with Crippen LogP contribution in [0.1, 0.15) is 16.2 Å². The Bertz CT molecular complexity index is 600. The largest absolute Gasteiger partial charge is 0.475 e. The quantitative estimate of drug-likeness (QED) is 0.891. The molecule has 0 unspecified atom stereocenters. The van der Waals surface area contributed by atoms with Gasteiger partial charge >= 0.3 is 12.1 Å². The Morgan fingerprint density at radius 1 is 1.50 bits per heavy atom. The third-order valence-corrected chi connectivity index (χ3v) is 2.13. The molecule has 2 rings (SSSR count). The minimum Gasteiger partial charge on any atom is -0.475 e. The first kappa shape index (κ1) is 12.1. The lowest BCUT2D eigenvalue weighted by Crippen LogP contribution is -2.11. The molecule has 2 aromatic rings. The Balaban J connectivity index is 2.60. The van der Waals surface area contributed by atoms with E-state index in [1.54, 1.807) is 0 Å². The van der Waals surface area contributed by atoms with Crippen LogP contribution in [0.4, 0.5) is 13.2 Å². The van der Waals surface area contributed by atoms with Crippen molar-refractivity contribution in [1.29, 1.82) is 0 Å². The minimum atomic E-state index is -4.89. The smallest absolute Gasteiger partial charge is 0.437 e. The zero-order valence-corrected chi connectivity index (χ0v) is 8.89. The highest BCUT2D eigenvalue weighted by molar-refractivity contribution is 5.86. The first-order valence-electron chi connectivity index (χ1n) is 4.60. The summed E-state index contributed by atoms with van der Waals surface area (Å²) in [5.74, 6) is -3.51. The summed E-state index contributed by atoms with van der Waals surface area (Å²) in [4.78, 5) is 13.9. The Kier molecular flexibility index (Phi) is 2.60. The molecule has 0 atom stereocenters. The lowest BCUT2D eigenvalue weighted by atomic mass is 10.3. The van der Waals surface area contributed by atoms with Crippen molar-refractivity contribution in [2.75, 3.05) is 0 Å². The summed E-state index contributed by atoms with van der Waals surface area (Å²) in [5, 5.41) is 12.4. The van der Waals surface area contributed by atoms with Crippen LogP contribution in [0.2, 0.25) is 0 Å². The molecule has 6 nitrogen and oxygen atoms in total. The number of hydrogen-bond acceptors (Lipinski definition) is 4. The predicted molar refractivity (Wildman–Crippen MR) is 50.7 cm³/mol. The number of hydrogen-bond donors (Lipinski definition) is 1. The van der Waals surface area contributed by atoms with Gasteiger partial charge in [0.2, 0.25) is 11.7 Å². The first-order valence-corrected chi connectivity index (χ1v) is 4.60. The van der Waals surface area contributed by atoms with E-state index in [1.807, 2.05) is 0 Å². The first-order chi connectivity index (χ1) is 8.30. The average Bonchev–Trinajstić information content (AvgIpc) is 2.81. The van der Waals surface area contributed by atoms with Crippen LogP contribution >= 0.6 is 0 Å². The lowest BCUT2D eigenvalue weighted by Gasteiger charge is -2.00. The molecule has 0 saturated carbocycles. The number of alkyl halides is 3. The number of carboxylic acid groups (broad SMARTS) is 1. The standard InChI is InChI=1S/C9H6F3N3O3/c1-15-4(2-3-13-15)7-14-6(9(10,11)12)5(18-7)8(16)17/h2-3H,1H3,(H,16,17). The molecule has 1 N–H and O–H groups in total. The molecule has 96 valence electrons. The summed E-state index contributed by atoms with van der Waals surface area (Å²) in [5.41, 5.74) is -1.42. The van der Waals surface area contributed by atoms with Gasteiger partial charge in [-0.05, 0) is 6.07 Å². The highest BCUT2D eigenvalue weighted by Gasteiger charge is 2.41. The Morgan fingerprint density at radius 3 is 2.56 bits per heavy atom. The number of carboxylic acids is 1. The van der Waals surface area contributed by atoms with Crippen molar-refractivity contribution in [3.05, 3.63) is 23.7 Å². The van der Waals surface area contributed by atoms with Crippen LogP contribution in [0.3, 0.4) is 0 Å². The third kappa shape index (κ3) is 1.94. The topological polar surface area (TPSA) is 81.2 Å². The number of aromatic nitrogens is 3. The van der Waals surface area contributed by atoms with Gasteiger partial charge in [-0.1, -0.05) is 0 Å². The molecule has 0 aliphatic carbocycles. The van der Waals surface area contributed by atoms with Crippen molar-refractivity contribution in [3.8, 4) is 11.6 Å². The van der Waals surface area contributed by atoms with Gasteiger partial charge in [0.25, 0.3) is 0 Å². The second kappa shape index (κ2) is 3.86. The van der Waals surface area contributed by atoms with Crippen LogP contribution in [-0.2, 0) is 13.2 Å². The molecule has 0 spiro atoms. The number of nitrogens with zero attached hydrogens (tertiary/aromatic N) is 3. The maximum Gasteiger partial charge on any atom is 0.437 e. The molecule has 0 aliphatic rings. The molecule has 0 aliphatic heterocycles. The fraction of sp³-hybridized carbons (Fsp3) is 0.222. The monoisotopic (exact) mass is 261 g/mol. The summed E-state index contributed by atoms with van der Waals surface area (Å²) >= 11 is 0. The van der Waals surface area contributed by atoms with Crippen LogP contribution < -0.4 is 0 Å². The highest BCUT2D eigenvalue weighted by atomic mass is 19.4. The SMILES string of the molecule is Cn1nccc1-c1nc(C(F)(F)F)c(C(=O)O)o1. The van der Waals surface area contributed by atoms with E-state index in [0.717, 1.165) is 0 Å². The van der Waals surface area contributed by atoms with Gasteiger partial charge in [-0.2, -0.15) is 18.3 Å². The van der Waals surface area contributed by atoms with Crippen molar-refractivity contribution < 1.29 is 27.5 Å². The molecule has 0 bridgehead atoms. The molecule has 0 aromatic carbocycles. The summed E-state index contributed by atoms with van der Waals surface area (Å²) in [6.45, 7) is 0. The van der Waals surface area contributed by atoms with Crippen molar-refractivity contribution >= 4 is 5.97 Å². The second-order valence-corrected chi connectivity index (χ2v) is 3.34. The highest BCUT2D eigenvalue weighted by Crippen LogP contribution is 2.34. The maximum atomic E-state index is 12.6. The Hall–Kier alpha value is -2.32. The van der Waals surface area contributed by atoms with Gasteiger partial charge in [-0.15, -0.1) is 0 Å². The molecular weight excluding hydrogens is 255 g/mol. The zero-order chi connectivity index (χ0) is 13.5. The zero-order valence-electron chi connectivity index (χ0n) is 8.89. The summed E-state index contributed by atoms with van der Waals surface area (Å²) in [6.07, 6.45) is -3.57. The molecule has 18 heavy (non-hydrogen) atoms. The molecule has 0 fully saturated rings. The Labute approximate surface area is 97.7 Å². The Morgan fingerprint density at radius 2 is 2.17 bits per heavy atom. The summed E-state index contributed by atoms with van der Waals surface area (Å²) in [7, 11) is 1.47. The van der Waals surface area contributed by atoms with Gasteiger partial charge in [0, 0.05) is 13.2 Å². The van der Waals surface area contributed by atoms with Crippen LogP contribution in [0.5, 0.6) is 0 Å². The minimum absolute atomic E-state index is 0.146. The average molecular weight is 261 g/mol. The van der Waals surface area contributed by atoms with Crippen molar-refractivity contribution in [3.63, 3.8) is 0 Å². The fourth-order valence-electron chi connectivity index (χ4n) is 1.35. The van der Waals surface area contributed by atoms with Gasteiger partial charge in [-0.3, -0.25) is 4.68 Å². The van der Waals surface area contributed by atoms with Crippen LogP contribution in [0.25, 0.3) is 11.6 Å². The molecule has 0 radical (unpaired) electrons. The predicted octanol–water partition coefficient (Wildman–Crippen LogP) is 1.79. The van der Waals surface area contributed by atoms with E-state index in [4.69, 9.17) is 5.11 Å². The fourth-order valence-corrected chi connectivity index (χ4v) is 1.35. The second-order valence-electron chi connectivity index (χ2n) is 3.34. The van der Waals surface area contributed by atoms with Crippen LogP contribution in [-0.4, -0.2) is 25.8 Å². The van der Waals surface area contributed by atoms with E-state index >= 15 is 0 Å². The van der Waals surface area contributed by atoms with Gasteiger partial charge in [0.1, 0.15) is 5.69 Å². The summed E-state index contributed by atoms with van der Waals surface area (Å²) in [6, 6.07) is 1.36. The molecule has 0 saturated heterocycles. The maximum absolute atomic E-state index is 12.6. The lowest BCUT2D eigenvalue weighted by molar-refractivity contribution is -0.141. The van der Waals surface area contributed by atoms with E-state index in [0.29, 0.717) is 0 Å². The van der Waals surface area contributed by atoms with E-state index < -0.39 is 29.5 Å². The molecule has 9 heteroatoms. The number of oxazole rings is 1. The van der Waals surface area contributed by atoms with Gasteiger partial charge in [0.05, 0.1) is 0 Å². The van der Waals surface area contributed by atoms with Crippen LogP contribution in [0, 0.1) is 0 Å². The van der Waals surface area contributed by atoms with Crippen molar-refractivity contribution in [2.45, 2.75) is 6.18 Å². The third-order valence-electron chi connectivity index (χ3n) is 2.13. The normalized spacial score (nSPS) is 11.8. The van der Waals surface area contributed by atoms with E-state index in [-0.39, 0.29) is 5.69 Å². The molecular formula is C9H6F3N3O3. The van der Waals surface area contributed by atoms with E-state index in [2.05, 4.69) is 14.5 Å². The van der Waals surface area contributed by atoms with Crippen LogP contribution in [0.15, 0.2) is 16.7 Å². The number of aryl methyl sites for hydroxylation is 1. The van der Waals surface area contributed by atoms with Crippen molar-refractivity contribution in [2.24, 2.45) is 7.05 Å². The summed E-state index contributed by atoms with van der Waals surface area (Å²) < 4.78 is 43.5. The number of halogens is 3.